The fourth-order valence-corrected chi connectivity index (χ4v) is 1.42. The van der Waals surface area contributed by atoms with Gasteiger partial charge in [-0.2, -0.15) is 0 Å². The zero-order chi connectivity index (χ0) is 12.7. The minimum Gasteiger partial charge on any atom is -0.450 e. The quantitative estimate of drug-likeness (QED) is 0.852. The molecule has 1 rings (SSSR count). The number of ether oxygens (including phenoxy) is 1. The van der Waals surface area contributed by atoms with Gasteiger partial charge in [-0.25, -0.2) is 4.79 Å². The minimum atomic E-state index is -0.638. The molecule has 0 aliphatic rings. The minimum absolute atomic E-state index is 0.121. The Morgan fingerprint density at radius 3 is 2.47 bits per heavy atom. The van der Waals surface area contributed by atoms with Crippen LogP contribution < -0.4 is 5.32 Å². The van der Waals surface area contributed by atoms with E-state index in [1.54, 1.807) is 12.1 Å². The third-order valence-electron chi connectivity index (χ3n) is 2.24. The molecule has 1 N–H and O–H groups in total. The summed E-state index contributed by atoms with van der Waals surface area (Å²) >= 11 is 0. The van der Waals surface area contributed by atoms with E-state index in [9.17, 15) is 9.59 Å². The number of hydrogen-bond acceptors (Lipinski definition) is 3. The first kappa shape index (κ1) is 13.2. The van der Waals surface area contributed by atoms with Crippen LogP contribution in [0.15, 0.2) is 30.3 Å². The van der Waals surface area contributed by atoms with E-state index in [2.05, 4.69) is 5.32 Å². The van der Waals surface area contributed by atoms with Crippen LogP contribution in [-0.4, -0.2) is 18.5 Å². The van der Waals surface area contributed by atoms with Crippen LogP contribution in [0.5, 0.6) is 0 Å². The van der Waals surface area contributed by atoms with Crippen LogP contribution in [-0.2, 0) is 9.53 Å². The summed E-state index contributed by atoms with van der Waals surface area (Å²) in [4.78, 5) is 22.9. The Kier molecular flexibility index (Phi) is 5.20. The number of alkyl carbamates (subject to hydrolysis) is 1. The van der Waals surface area contributed by atoms with Gasteiger partial charge in [-0.1, -0.05) is 37.3 Å². The summed E-state index contributed by atoms with van der Waals surface area (Å²) in [7, 11) is 0. The van der Waals surface area contributed by atoms with Crippen molar-refractivity contribution in [3.63, 3.8) is 0 Å². The topological polar surface area (TPSA) is 55.4 Å². The average molecular weight is 235 g/mol. The Balaban J connectivity index is 2.68. The van der Waals surface area contributed by atoms with Crippen LogP contribution in [0.2, 0.25) is 0 Å². The number of Topliss-reactive ketones (excluding diaryl/α,β-unsaturated/α-hetero) is 1. The Bertz CT molecular complexity index is 376. The van der Waals surface area contributed by atoms with Crippen LogP contribution in [0.1, 0.15) is 31.9 Å². The zero-order valence-corrected chi connectivity index (χ0v) is 10.1. The van der Waals surface area contributed by atoms with Crippen LogP contribution in [0, 0.1) is 0 Å². The van der Waals surface area contributed by atoms with Gasteiger partial charge in [-0.15, -0.1) is 0 Å². The largest absolute Gasteiger partial charge is 0.450 e. The Morgan fingerprint density at radius 1 is 1.29 bits per heavy atom. The second-order valence-electron chi connectivity index (χ2n) is 3.73. The van der Waals surface area contributed by atoms with Crippen LogP contribution in [0.3, 0.4) is 0 Å². The fourth-order valence-electron chi connectivity index (χ4n) is 1.42. The van der Waals surface area contributed by atoms with Gasteiger partial charge in [-0.05, 0) is 18.9 Å². The lowest BCUT2D eigenvalue weighted by molar-refractivity contribution is -0.119. The van der Waals surface area contributed by atoms with Gasteiger partial charge >= 0.3 is 6.09 Å². The Morgan fingerprint density at radius 2 is 1.94 bits per heavy atom. The molecule has 0 radical (unpaired) electrons. The standard InChI is InChI=1S/C13H17NO3/c1-3-9-17-13(16)14-12(10(2)15)11-7-5-4-6-8-11/h4-8,12H,3,9H2,1-2H3,(H,14,16). The molecule has 0 aliphatic carbocycles. The molecule has 1 amide bonds. The number of ketones is 1. The molecule has 0 saturated carbocycles. The summed E-state index contributed by atoms with van der Waals surface area (Å²) in [6, 6.07) is 8.46. The second kappa shape index (κ2) is 6.68. The molecule has 0 aromatic heterocycles. The lowest BCUT2D eigenvalue weighted by atomic mass is 10.0. The van der Waals surface area contributed by atoms with Gasteiger partial charge in [0.15, 0.2) is 5.78 Å². The molecule has 0 heterocycles. The Labute approximate surface area is 101 Å². The van der Waals surface area contributed by atoms with E-state index in [1.807, 2.05) is 25.1 Å². The number of hydrogen-bond donors (Lipinski definition) is 1. The van der Waals surface area contributed by atoms with E-state index >= 15 is 0 Å². The first-order valence-corrected chi connectivity index (χ1v) is 5.63. The molecule has 0 saturated heterocycles. The smallest absolute Gasteiger partial charge is 0.407 e. The lowest BCUT2D eigenvalue weighted by Crippen LogP contribution is -2.33. The maximum atomic E-state index is 11.5. The van der Waals surface area contributed by atoms with Gasteiger partial charge in [0.2, 0.25) is 0 Å². The summed E-state index contributed by atoms with van der Waals surface area (Å²) in [5.41, 5.74) is 0.758. The van der Waals surface area contributed by atoms with Crippen molar-refractivity contribution in [1.82, 2.24) is 5.32 Å². The number of rotatable bonds is 5. The summed E-state index contributed by atoms with van der Waals surface area (Å²) in [6.07, 6.45) is 0.194. The van der Waals surface area contributed by atoms with Crippen molar-refractivity contribution in [2.75, 3.05) is 6.61 Å². The fraction of sp³-hybridized carbons (Fsp3) is 0.385. The van der Waals surface area contributed by atoms with E-state index in [0.717, 1.165) is 12.0 Å². The van der Waals surface area contributed by atoms with E-state index in [4.69, 9.17) is 4.74 Å². The number of benzene rings is 1. The molecule has 92 valence electrons. The van der Waals surface area contributed by atoms with Gasteiger partial charge in [0.1, 0.15) is 6.04 Å². The Hall–Kier alpha value is -1.84. The van der Waals surface area contributed by atoms with Gasteiger partial charge in [-0.3, -0.25) is 4.79 Å². The van der Waals surface area contributed by atoms with E-state index in [-0.39, 0.29) is 5.78 Å². The normalized spacial score (nSPS) is 11.6. The third kappa shape index (κ3) is 4.26. The molecule has 4 nitrogen and oxygen atoms in total. The molecule has 0 spiro atoms. The van der Waals surface area contributed by atoms with Crippen LogP contribution >= 0.6 is 0 Å². The number of amides is 1. The van der Waals surface area contributed by atoms with Gasteiger partial charge in [0.25, 0.3) is 0 Å². The van der Waals surface area contributed by atoms with Crippen molar-refractivity contribution in [2.45, 2.75) is 26.3 Å². The van der Waals surface area contributed by atoms with Crippen LogP contribution in [0.25, 0.3) is 0 Å². The first-order valence-electron chi connectivity index (χ1n) is 5.63. The van der Waals surface area contributed by atoms with Gasteiger partial charge in [0.05, 0.1) is 6.61 Å². The molecule has 4 heteroatoms. The van der Waals surface area contributed by atoms with Crippen LogP contribution in [0.4, 0.5) is 4.79 Å². The summed E-state index contributed by atoms with van der Waals surface area (Å²) < 4.78 is 4.89. The van der Waals surface area contributed by atoms with E-state index in [1.165, 1.54) is 6.92 Å². The average Bonchev–Trinajstić information content (AvgIpc) is 2.34. The highest BCUT2D eigenvalue weighted by molar-refractivity contribution is 5.86. The lowest BCUT2D eigenvalue weighted by Gasteiger charge is -2.15. The van der Waals surface area contributed by atoms with Crippen molar-refractivity contribution in [1.29, 1.82) is 0 Å². The number of carbonyl (C=O) groups excluding carboxylic acids is 2. The summed E-state index contributed by atoms with van der Waals surface area (Å²) in [5.74, 6) is -0.121. The summed E-state index contributed by atoms with van der Waals surface area (Å²) in [5, 5.41) is 2.56. The zero-order valence-electron chi connectivity index (χ0n) is 10.1. The third-order valence-corrected chi connectivity index (χ3v) is 2.24. The molecule has 0 fully saturated rings. The summed E-state index contributed by atoms with van der Waals surface area (Å²) in [6.45, 7) is 3.70. The van der Waals surface area contributed by atoms with Crippen molar-refractivity contribution < 1.29 is 14.3 Å². The highest BCUT2D eigenvalue weighted by atomic mass is 16.5. The maximum Gasteiger partial charge on any atom is 0.407 e. The van der Waals surface area contributed by atoms with Crippen molar-refractivity contribution in [3.8, 4) is 0 Å². The van der Waals surface area contributed by atoms with Crippen molar-refractivity contribution >= 4 is 11.9 Å². The van der Waals surface area contributed by atoms with Crippen molar-refractivity contribution in [3.05, 3.63) is 35.9 Å². The molecule has 1 unspecified atom stereocenters. The van der Waals surface area contributed by atoms with Gasteiger partial charge < -0.3 is 10.1 Å². The second-order valence-corrected chi connectivity index (χ2v) is 3.73. The molecule has 0 aliphatic heterocycles. The first-order chi connectivity index (χ1) is 8.15. The predicted octanol–water partition coefficient (Wildman–Crippen LogP) is 2.45. The molecule has 1 aromatic rings. The highest BCUT2D eigenvalue weighted by Crippen LogP contribution is 2.13. The predicted molar refractivity (Wildman–Crippen MR) is 64.6 cm³/mol. The van der Waals surface area contributed by atoms with Gasteiger partial charge in [0, 0.05) is 0 Å². The SMILES string of the molecule is CCCOC(=O)NC(C(C)=O)c1ccccc1. The number of nitrogens with one attached hydrogen (secondary N) is 1. The molecule has 17 heavy (non-hydrogen) atoms. The van der Waals surface area contributed by atoms with E-state index in [0.29, 0.717) is 6.61 Å². The van der Waals surface area contributed by atoms with E-state index < -0.39 is 12.1 Å². The monoisotopic (exact) mass is 235 g/mol. The van der Waals surface area contributed by atoms with Crippen molar-refractivity contribution in [2.24, 2.45) is 0 Å². The molecule has 0 bridgehead atoms. The molecular weight excluding hydrogens is 218 g/mol. The maximum absolute atomic E-state index is 11.5. The molecule has 1 aromatic carbocycles. The molecule has 1 atom stereocenters. The molecular formula is C13H17NO3. The highest BCUT2D eigenvalue weighted by Gasteiger charge is 2.19. The number of carbonyl (C=O) groups is 2.